The number of benzene rings is 2. The van der Waals surface area contributed by atoms with Crippen molar-refractivity contribution >= 4 is 18.3 Å². The Morgan fingerprint density at radius 3 is 2.26 bits per heavy atom. The molecule has 1 fully saturated rings. The maximum Gasteiger partial charge on any atom is 0.249 e. The van der Waals surface area contributed by atoms with Crippen LogP contribution in [0.2, 0.25) is 0 Å². The van der Waals surface area contributed by atoms with Crippen molar-refractivity contribution in [2.45, 2.75) is 38.0 Å². The second-order valence-corrected chi connectivity index (χ2v) is 6.69. The van der Waals surface area contributed by atoms with Gasteiger partial charge in [0, 0.05) is 6.54 Å². The summed E-state index contributed by atoms with van der Waals surface area (Å²) in [5, 5.41) is 3.15. The summed E-state index contributed by atoms with van der Waals surface area (Å²) in [6.45, 7) is 2.49. The third kappa shape index (κ3) is 5.22. The number of nitrogens with one attached hydrogen (secondary N) is 1. The highest BCUT2D eigenvalue weighted by atomic mass is 35.5. The van der Waals surface area contributed by atoms with Crippen LogP contribution in [0.1, 0.15) is 35.6 Å². The largest absolute Gasteiger partial charge is 0.497 e. The molecule has 0 bridgehead atoms. The first-order valence-corrected chi connectivity index (χ1v) is 8.97. The van der Waals surface area contributed by atoms with Gasteiger partial charge in [0.05, 0.1) is 19.3 Å². The fourth-order valence-corrected chi connectivity index (χ4v) is 3.22. The molecule has 3 atom stereocenters. The van der Waals surface area contributed by atoms with Gasteiger partial charge in [0.2, 0.25) is 5.91 Å². The van der Waals surface area contributed by atoms with Gasteiger partial charge in [0.1, 0.15) is 11.9 Å². The van der Waals surface area contributed by atoms with E-state index < -0.39 is 6.10 Å². The van der Waals surface area contributed by atoms with Crippen molar-refractivity contribution in [3.8, 4) is 5.75 Å². The highest BCUT2D eigenvalue weighted by Crippen LogP contribution is 2.26. The van der Waals surface area contributed by atoms with Gasteiger partial charge in [-0.2, -0.15) is 0 Å². The Kier molecular flexibility index (Phi) is 7.66. The summed E-state index contributed by atoms with van der Waals surface area (Å²) < 4.78 is 11.0. The zero-order valence-corrected chi connectivity index (χ0v) is 16.5. The minimum absolute atomic E-state index is 0. The van der Waals surface area contributed by atoms with Gasteiger partial charge in [-0.1, -0.05) is 42.0 Å². The van der Waals surface area contributed by atoms with Gasteiger partial charge in [-0.05, 0) is 43.0 Å². The van der Waals surface area contributed by atoms with E-state index in [0.717, 1.165) is 23.3 Å². The van der Waals surface area contributed by atoms with E-state index >= 15 is 0 Å². The molecule has 0 spiro atoms. The van der Waals surface area contributed by atoms with Crippen LogP contribution in [-0.2, 0) is 9.53 Å². The Morgan fingerprint density at radius 2 is 1.74 bits per heavy atom. The van der Waals surface area contributed by atoms with Crippen molar-refractivity contribution in [2.75, 3.05) is 13.7 Å². The third-order valence-corrected chi connectivity index (χ3v) is 4.81. The molecule has 1 amide bonds. The zero-order chi connectivity index (χ0) is 18.5. The lowest BCUT2D eigenvalue weighted by Gasteiger charge is -2.22. The van der Waals surface area contributed by atoms with Gasteiger partial charge < -0.3 is 20.5 Å². The molecule has 0 saturated carbocycles. The van der Waals surface area contributed by atoms with Gasteiger partial charge in [-0.3, -0.25) is 4.79 Å². The van der Waals surface area contributed by atoms with Crippen molar-refractivity contribution in [1.29, 1.82) is 0 Å². The zero-order valence-electron chi connectivity index (χ0n) is 15.7. The van der Waals surface area contributed by atoms with Gasteiger partial charge in [0.25, 0.3) is 0 Å². The van der Waals surface area contributed by atoms with Crippen LogP contribution in [0.3, 0.4) is 0 Å². The summed E-state index contributed by atoms with van der Waals surface area (Å²) in [4.78, 5) is 12.8. The number of carbonyl (C=O) groups is 1. The number of hydrogen-bond acceptors (Lipinski definition) is 4. The summed E-state index contributed by atoms with van der Waals surface area (Å²) in [7, 11) is 1.64. The molecule has 146 valence electrons. The number of halogens is 1. The molecule has 3 N–H and O–H groups in total. The number of hydrogen-bond donors (Lipinski definition) is 2. The van der Waals surface area contributed by atoms with E-state index in [9.17, 15) is 4.79 Å². The van der Waals surface area contributed by atoms with Crippen molar-refractivity contribution < 1.29 is 14.3 Å². The highest BCUT2D eigenvalue weighted by Gasteiger charge is 2.31. The fraction of sp³-hybridized carbons (Fsp3) is 0.381. The lowest BCUT2D eigenvalue weighted by molar-refractivity contribution is -0.132. The Morgan fingerprint density at radius 1 is 1.15 bits per heavy atom. The number of carbonyl (C=O) groups excluding carboxylic acids is 1. The standard InChI is InChI=1S/C21H26N2O3.ClH/c1-14-3-5-15(6-4-14)20(16-7-9-17(25-2)10-8-16)23-21(24)19-12-11-18(13-22)26-19;/h3-10,18-20H,11-13,22H2,1-2H3,(H,23,24);1H/t18-,19+,20?;/m1./s1. The molecule has 0 aliphatic carbocycles. The van der Waals surface area contributed by atoms with E-state index in [1.807, 2.05) is 43.3 Å². The molecule has 27 heavy (non-hydrogen) atoms. The average Bonchev–Trinajstić information content (AvgIpc) is 3.16. The minimum atomic E-state index is -0.435. The van der Waals surface area contributed by atoms with Crippen molar-refractivity contribution in [3.05, 3.63) is 65.2 Å². The van der Waals surface area contributed by atoms with Gasteiger partial charge in [-0.25, -0.2) is 0 Å². The number of ether oxygens (including phenoxy) is 2. The monoisotopic (exact) mass is 390 g/mol. The molecule has 1 saturated heterocycles. The molecule has 0 aromatic heterocycles. The van der Waals surface area contributed by atoms with Crippen LogP contribution in [-0.4, -0.2) is 31.8 Å². The Hall–Kier alpha value is -2.08. The maximum atomic E-state index is 12.8. The maximum absolute atomic E-state index is 12.8. The van der Waals surface area contributed by atoms with Crippen LogP contribution in [0.15, 0.2) is 48.5 Å². The van der Waals surface area contributed by atoms with Crippen LogP contribution in [0, 0.1) is 6.92 Å². The topological polar surface area (TPSA) is 73.6 Å². The molecular formula is C21H27ClN2O3. The van der Waals surface area contributed by atoms with E-state index in [1.54, 1.807) is 7.11 Å². The fourth-order valence-electron chi connectivity index (χ4n) is 3.22. The molecule has 2 aromatic rings. The molecule has 1 aliphatic heterocycles. The predicted octanol–water partition coefficient (Wildman–Crippen LogP) is 3.14. The van der Waals surface area contributed by atoms with E-state index in [0.29, 0.717) is 13.0 Å². The minimum Gasteiger partial charge on any atom is -0.497 e. The number of nitrogens with two attached hydrogens (primary N) is 1. The Bertz CT molecular complexity index is 734. The van der Waals surface area contributed by atoms with Crippen molar-refractivity contribution in [2.24, 2.45) is 5.73 Å². The van der Waals surface area contributed by atoms with E-state index in [-0.39, 0.29) is 30.5 Å². The summed E-state index contributed by atoms with van der Waals surface area (Å²) in [6.07, 6.45) is 1.07. The first kappa shape index (κ1) is 21.2. The van der Waals surface area contributed by atoms with Crippen LogP contribution in [0.4, 0.5) is 0 Å². The Balaban J connectivity index is 0.00000261. The number of aryl methyl sites for hydroxylation is 1. The number of methoxy groups -OCH3 is 1. The smallest absolute Gasteiger partial charge is 0.249 e. The number of rotatable bonds is 6. The van der Waals surface area contributed by atoms with Gasteiger partial charge in [-0.15, -0.1) is 12.4 Å². The first-order chi connectivity index (χ1) is 12.6. The molecule has 1 heterocycles. The normalized spacial score (nSPS) is 19.8. The summed E-state index contributed by atoms with van der Waals surface area (Å²) in [5.41, 5.74) is 8.86. The van der Waals surface area contributed by atoms with Crippen LogP contribution in [0.25, 0.3) is 0 Å². The molecule has 6 heteroatoms. The molecule has 1 unspecified atom stereocenters. The summed E-state index contributed by atoms with van der Waals surface area (Å²) in [5.74, 6) is 0.690. The second kappa shape index (κ2) is 9.74. The third-order valence-electron chi connectivity index (χ3n) is 4.81. The lowest BCUT2D eigenvalue weighted by Crippen LogP contribution is -2.38. The summed E-state index contributed by atoms with van der Waals surface area (Å²) >= 11 is 0. The van der Waals surface area contributed by atoms with Crippen LogP contribution in [0.5, 0.6) is 5.75 Å². The van der Waals surface area contributed by atoms with E-state index in [4.69, 9.17) is 15.2 Å². The Labute approximate surface area is 166 Å². The first-order valence-electron chi connectivity index (χ1n) is 8.97. The summed E-state index contributed by atoms with van der Waals surface area (Å²) in [6, 6.07) is 15.7. The molecule has 2 aromatic carbocycles. The molecule has 5 nitrogen and oxygen atoms in total. The SMILES string of the molecule is COc1ccc(C(NC(=O)[C@@H]2CC[C@H](CN)O2)c2ccc(C)cc2)cc1.Cl. The molecule has 3 rings (SSSR count). The van der Waals surface area contributed by atoms with Gasteiger partial charge >= 0.3 is 0 Å². The molecule has 0 radical (unpaired) electrons. The van der Waals surface area contributed by atoms with Crippen LogP contribution < -0.4 is 15.8 Å². The molecular weight excluding hydrogens is 364 g/mol. The quantitative estimate of drug-likeness (QED) is 0.794. The van der Waals surface area contributed by atoms with Crippen LogP contribution >= 0.6 is 12.4 Å². The lowest BCUT2D eigenvalue weighted by atomic mass is 9.97. The van der Waals surface area contributed by atoms with Crippen molar-refractivity contribution in [3.63, 3.8) is 0 Å². The highest BCUT2D eigenvalue weighted by molar-refractivity contribution is 5.85. The second-order valence-electron chi connectivity index (χ2n) is 6.69. The predicted molar refractivity (Wildman–Crippen MR) is 108 cm³/mol. The van der Waals surface area contributed by atoms with Gasteiger partial charge in [0.15, 0.2) is 0 Å². The van der Waals surface area contributed by atoms with Crippen molar-refractivity contribution in [1.82, 2.24) is 5.32 Å². The average molecular weight is 391 g/mol. The van der Waals surface area contributed by atoms with E-state index in [1.165, 1.54) is 5.56 Å². The number of amides is 1. The van der Waals surface area contributed by atoms with E-state index in [2.05, 4.69) is 17.4 Å². The molecule has 1 aliphatic rings.